The molecule has 0 amide bonds. The Hall–Kier alpha value is -1.94. The summed E-state index contributed by atoms with van der Waals surface area (Å²) in [5.74, 6) is 0.220. The van der Waals surface area contributed by atoms with Crippen molar-refractivity contribution in [2.45, 2.75) is 458 Å². The molecule has 0 rings (SSSR count). The van der Waals surface area contributed by atoms with Gasteiger partial charge in [-0.05, 0) is 43.4 Å². The summed E-state index contributed by atoms with van der Waals surface area (Å²) in [6.07, 6.45) is 63.9. The van der Waals surface area contributed by atoms with Crippen LogP contribution in [0.5, 0.6) is 0 Å². The fraction of sp³-hybridized carbons (Fsp3) is 0.952. The van der Waals surface area contributed by atoms with Gasteiger partial charge in [0.25, 0.3) is 0 Å². The molecule has 0 saturated heterocycles. The lowest BCUT2D eigenvalue weighted by Gasteiger charge is -2.21. The number of phosphoric ester groups is 2. The molecule has 3 N–H and O–H groups in total. The third kappa shape index (κ3) is 76.6. The van der Waals surface area contributed by atoms with Gasteiger partial charge < -0.3 is 33.8 Å². The van der Waals surface area contributed by atoms with E-state index in [0.29, 0.717) is 25.7 Å². The van der Waals surface area contributed by atoms with Crippen LogP contribution in [0.3, 0.4) is 0 Å². The molecule has 0 radical (unpaired) electrons. The van der Waals surface area contributed by atoms with Crippen LogP contribution in [0.25, 0.3) is 0 Å². The predicted molar refractivity (Wildman–Crippen MR) is 423 cm³/mol. The van der Waals surface area contributed by atoms with E-state index in [1.165, 1.54) is 250 Å². The van der Waals surface area contributed by atoms with Gasteiger partial charge in [0.05, 0.1) is 26.4 Å². The molecule has 0 spiro atoms. The van der Waals surface area contributed by atoms with Crippen molar-refractivity contribution in [3.63, 3.8) is 0 Å². The summed E-state index contributed by atoms with van der Waals surface area (Å²) in [6.45, 7) is 12.0. The highest BCUT2D eigenvalue weighted by atomic mass is 31.2. The lowest BCUT2D eigenvalue weighted by Crippen LogP contribution is -2.30. The number of hydrogen-bond donors (Lipinski definition) is 3. The van der Waals surface area contributed by atoms with Gasteiger partial charge in [-0.15, -0.1) is 0 Å². The third-order valence-corrected chi connectivity index (χ3v) is 21.9. The van der Waals surface area contributed by atoms with Crippen molar-refractivity contribution in [1.29, 1.82) is 0 Å². The molecular weight excluding hydrogens is 1340 g/mol. The van der Waals surface area contributed by atoms with Gasteiger partial charge in [-0.2, -0.15) is 0 Å². The Labute approximate surface area is 632 Å². The highest BCUT2D eigenvalue weighted by Gasteiger charge is 2.30. The van der Waals surface area contributed by atoms with E-state index in [2.05, 4.69) is 48.5 Å². The Morgan fingerprint density at radius 3 is 0.738 bits per heavy atom. The normalized spacial score (nSPS) is 14.2. The number of aliphatic hydroxyl groups is 1. The van der Waals surface area contributed by atoms with Crippen molar-refractivity contribution in [1.82, 2.24) is 0 Å². The Morgan fingerprint density at radius 1 is 0.282 bits per heavy atom. The zero-order chi connectivity index (χ0) is 75.8. The molecule has 0 aromatic carbocycles. The molecule has 0 saturated carbocycles. The zero-order valence-corrected chi connectivity index (χ0v) is 69.6. The van der Waals surface area contributed by atoms with Gasteiger partial charge >= 0.3 is 39.5 Å². The second-order valence-corrected chi connectivity index (χ2v) is 34.3. The summed E-state index contributed by atoms with van der Waals surface area (Å²) < 4.78 is 68.8. The van der Waals surface area contributed by atoms with E-state index in [1.54, 1.807) is 0 Å². The lowest BCUT2D eigenvalue weighted by molar-refractivity contribution is -0.161. The second-order valence-electron chi connectivity index (χ2n) is 31.4. The third-order valence-electron chi connectivity index (χ3n) is 20.0. The van der Waals surface area contributed by atoms with Crippen molar-refractivity contribution in [2.75, 3.05) is 39.6 Å². The number of unbranched alkanes of at least 4 members (excludes halogenated alkanes) is 49. The maximum atomic E-state index is 13.1. The van der Waals surface area contributed by atoms with E-state index in [0.717, 1.165) is 108 Å². The minimum absolute atomic E-state index is 0.106. The minimum Gasteiger partial charge on any atom is -0.462 e. The Morgan fingerprint density at radius 2 is 0.495 bits per heavy atom. The summed E-state index contributed by atoms with van der Waals surface area (Å²) in [6, 6.07) is 0. The van der Waals surface area contributed by atoms with Crippen molar-refractivity contribution in [3.8, 4) is 0 Å². The largest absolute Gasteiger partial charge is 0.472 e. The summed E-state index contributed by atoms with van der Waals surface area (Å²) in [5.41, 5.74) is 0. The van der Waals surface area contributed by atoms with Crippen LogP contribution >= 0.6 is 15.6 Å². The van der Waals surface area contributed by atoms with Crippen LogP contribution in [-0.4, -0.2) is 96.7 Å². The maximum Gasteiger partial charge on any atom is 0.472 e. The van der Waals surface area contributed by atoms with Gasteiger partial charge in [-0.1, -0.05) is 389 Å². The topological polar surface area (TPSA) is 237 Å². The SMILES string of the molecule is CCCCCCCCCCCCCCCCCCCCCCCCC(=O)O[C@H](COC(=O)CCCCCCCCCCCCCCC(C)C)COP(=O)(O)OC[C@@H](O)COP(=O)(O)OC[C@@H](COC(=O)CCCCCCCCCCCC(C)C)OC(=O)CCCCCCCCCCCCC(C)CC. The van der Waals surface area contributed by atoms with Crippen LogP contribution in [0.1, 0.15) is 440 Å². The Balaban J connectivity index is 5.24. The van der Waals surface area contributed by atoms with Crippen LogP contribution in [0.2, 0.25) is 0 Å². The Kier molecular flexibility index (Phi) is 72.8. The van der Waals surface area contributed by atoms with Gasteiger partial charge in [0.1, 0.15) is 19.3 Å². The summed E-state index contributed by atoms with van der Waals surface area (Å²) in [5, 5.41) is 10.7. The molecule has 0 aromatic heterocycles. The van der Waals surface area contributed by atoms with E-state index in [4.69, 9.17) is 37.0 Å². The predicted octanol–water partition coefficient (Wildman–Crippen LogP) is 25.3. The monoisotopic (exact) mass is 1510 g/mol. The quantitative estimate of drug-likeness (QED) is 0.0222. The lowest BCUT2D eigenvalue weighted by atomic mass is 9.99. The average Bonchev–Trinajstić information content (AvgIpc) is 0.929. The minimum atomic E-state index is -4.96. The molecule has 0 aromatic rings. The number of carbonyl (C=O) groups excluding carboxylic acids is 4. The highest BCUT2D eigenvalue weighted by molar-refractivity contribution is 7.47. The van der Waals surface area contributed by atoms with Crippen LogP contribution in [-0.2, 0) is 65.4 Å². The number of esters is 4. The first-order valence-corrected chi connectivity index (χ1v) is 46.4. The molecule has 0 aliphatic heterocycles. The number of phosphoric acid groups is 2. The number of aliphatic hydroxyl groups excluding tert-OH is 1. The average molecular weight is 1510 g/mol. The number of carbonyl (C=O) groups is 4. The van der Waals surface area contributed by atoms with Crippen LogP contribution < -0.4 is 0 Å². The zero-order valence-electron chi connectivity index (χ0n) is 67.8. The first-order valence-electron chi connectivity index (χ1n) is 43.4. The smallest absolute Gasteiger partial charge is 0.462 e. The molecule has 103 heavy (non-hydrogen) atoms. The molecule has 0 bridgehead atoms. The molecule has 0 heterocycles. The molecule has 612 valence electrons. The fourth-order valence-corrected chi connectivity index (χ4v) is 14.6. The summed E-state index contributed by atoms with van der Waals surface area (Å²) in [7, 11) is -9.93. The summed E-state index contributed by atoms with van der Waals surface area (Å²) >= 11 is 0. The summed E-state index contributed by atoms with van der Waals surface area (Å²) in [4.78, 5) is 73.2. The van der Waals surface area contributed by atoms with Crippen molar-refractivity contribution >= 4 is 39.5 Å². The maximum absolute atomic E-state index is 13.1. The van der Waals surface area contributed by atoms with Crippen molar-refractivity contribution < 1.29 is 80.2 Å². The molecule has 17 nitrogen and oxygen atoms in total. The molecule has 6 atom stereocenters. The van der Waals surface area contributed by atoms with Gasteiger partial charge in [0, 0.05) is 25.7 Å². The van der Waals surface area contributed by atoms with Gasteiger partial charge in [0.2, 0.25) is 0 Å². The van der Waals surface area contributed by atoms with Crippen LogP contribution in [0.15, 0.2) is 0 Å². The number of ether oxygens (including phenoxy) is 4. The second kappa shape index (κ2) is 74.2. The van der Waals surface area contributed by atoms with Crippen molar-refractivity contribution in [2.24, 2.45) is 17.8 Å². The van der Waals surface area contributed by atoms with E-state index in [9.17, 15) is 43.2 Å². The van der Waals surface area contributed by atoms with Gasteiger partial charge in [-0.25, -0.2) is 9.13 Å². The van der Waals surface area contributed by atoms with E-state index in [1.807, 2.05) is 0 Å². The Bertz CT molecular complexity index is 1990. The highest BCUT2D eigenvalue weighted by Crippen LogP contribution is 2.45. The van der Waals surface area contributed by atoms with Gasteiger partial charge in [-0.3, -0.25) is 37.3 Å². The molecular formula is C84H164O17P2. The molecule has 3 unspecified atom stereocenters. The van der Waals surface area contributed by atoms with Crippen LogP contribution in [0, 0.1) is 17.8 Å². The fourth-order valence-electron chi connectivity index (χ4n) is 13.0. The van der Waals surface area contributed by atoms with E-state index in [-0.39, 0.29) is 25.7 Å². The standard InChI is InChI=1S/C84H164O17P2/c1-8-10-11-12-13-14-15-16-17-18-19-20-21-22-23-24-25-30-38-46-53-60-67-83(88)100-79(71-94-81(86)65-58-51-44-37-29-27-26-28-34-41-48-55-62-75(3)4)73-98-102(90,91)96-69-78(85)70-97-103(92,93)99-74-80(72-95-82(87)66-59-52-45-40-33-35-42-49-56-63-76(5)6)101-84(89)68-61-54-47-39-32-31-36-43-50-57-64-77(7)9-2/h75-80,85H,8-74H2,1-7H3,(H,90,91)(H,92,93)/t77?,78-,79-,80-/m1/s1. The molecule has 0 fully saturated rings. The molecule has 0 aliphatic rings. The van der Waals surface area contributed by atoms with Crippen LogP contribution in [0.4, 0.5) is 0 Å². The number of hydrogen-bond acceptors (Lipinski definition) is 15. The first kappa shape index (κ1) is 101. The van der Waals surface area contributed by atoms with E-state index >= 15 is 0 Å². The number of rotatable bonds is 82. The molecule has 19 heteroatoms. The van der Waals surface area contributed by atoms with Gasteiger partial charge in [0.15, 0.2) is 12.2 Å². The van der Waals surface area contributed by atoms with E-state index < -0.39 is 97.5 Å². The van der Waals surface area contributed by atoms with Crippen molar-refractivity contribution in [3.05, 3.63) is 0 Å². The first-order chi connectivity index (χ1) is 49.8. The molecule has 0 aliphatic carbocycles.